The molecule has 2 bridgehead atoms. The van der Waals surface area contributed by atoms with Gasteiger partial charge in [-0.3, -0.25) is 0 Å². The fraction of sp³-hybridized carbons (Fsp3) is 0.524. The third kappa shape index (κ3) is 4.09. The van der Waals surface area contributed by atoms with E-state index in [4.69, 9.17) is 15.6 Å². The number of benzene rings is 1. The largest absolute Gasteiger partial charge is 0.507 e. The number of alkyl halides is 3. The molecule has 6 nitrogen and oxygen atoms in total. The van der Waals surface area contributed by atoms with Crippen molar-refractivity contribution in [2.45, 2.75) is 69.4 Å². The molecule has 2 atom stereocenters. The van der Waals surface area contributed by atoms with Gasteiger partial charge in [-0.25, -0.2) is 0 Å². The van der Waals surface area contributed by atoms with Crippen LogP contribution in [0.15, 0.2) is 18.2 Å². The number of phenols is 1. The fourth-order valence-corrected chi connectivity index (χ4v) is 4.39. The Hall–Kier alpha value is -2.39. The zero-order chi connectivity index (χ0) is 21.5. The number of nitrogens with two attached hydrogens (primary N) is 1. The SMILES string of the molecule is Nc1nnc(-c2ccc(C(F)(F)F)cc2O)c2c1[C@H]1CCC(C2)O1.OC1CCCC1. The summed E-state index contributed by atoms with van der Waals surface area (Å²) in [5, 5.41) is 26.8. The molecule has 2 aromatic rings. The topological polar surface area (TPSA) is 101 Å². The monoisotopic (exact) mass is 423 g/mol. The number of aliphatic hydroxyl groups is 1. The van der Waals surface area contributed by atoms with Crippen molar-refractivity contribution in [3.05, 3.63) is 34.9 Å². The lowest BCUT2D eigenvalue weighted by atomic mass is 9.93. The number of nitrogen functional groups attached to an aromatic ring is 1. The highest BCUT2D eigenvalue weighted by molar-refractivity contribution is 5.73. The standard InChI is InChI=1S/C16H14F3N3O2.C5H10O/c17-16(18,19)7-1-3-9(11(23)5-7)14-10-6-8-2-4-12(24-8)13(10)15(20)22-21-14;6-5-3-1-2-4-5/h1,3,5,8,12,23H,2,4,6H2,(H2,20,22);5-6H,1-4H2/t8?,12-;/m1./s1. The van der Waals surface area contributed by atoms with Gasteiger partial charge < -0.3 is 20.7 Å². The number of rotatable bonds is 1. The zero-order valence-electron chi connectivity index (χ0n) is 16.3. The Labute approximate surface area is 171 Å². The van der Waals surface area contributed by atoms with Gasteiger partial charge in [-0.05, 0) is 49.4 Å². The maximum Gasteiger partial charge on any atom is 0.416 e. The number of halogens is 3. The molecule has 3 aliphatic rings. The molecule has 1 unspecified atom stereocenters. The maximum absolute atomic E-state index is 12.8. The molecule has 1 saturated carbocycles. The normalized spacial score (nSPS) is 23.1. The Balaban J connectivity index is 0.000000313. The van der Waals surface area contributed by atoms with E-state index in [9.17, 15) is 18.3 Å². The molecule has 1 saturated heterocycles. The van der Waals surface area contributed by atoms with Gasteiger partial charge >= 0.3 is 6.18 Å². The van der Waals surface area contributed by atoms with Crippen LogP contribution in [-0.4, -0.2) is 32.6 Å². The Bertz CT molecular complexity index is 930. The molecule has 5 rings (SSSR count). The molecule has 30 heavy (non-hydrogen) atoms. The van der Waals surface area contributed by atoms with E-state index in [2.05, 4.69) is 10.2 Å². The Kier molecular flexibility index (Phi) is 5.59. The van der Waals surface area contributed by atoms with E-state index in [1.54, 1.807) is 0 Å². The minimum absolute atomic E-state index is 0.0430. The quantitative estimate of drug-likeness (QED) is 0.637. The van der Waals surface area contributed by atoms with Crippen molar-refractivity contribution in [3.63, 3.8) is 0 Å². The molecular weight excluding hydrogens is 399 g/mol. The van der Waals surface area contributed by atoms with Gasteiger partial charge in [0.25, 0.3) is 0 Å². The van der Waals surface area contributed by atoms with Crippen LogP contribution in [0.3, 0.4) is 0 Å². The third-order valence-electron chi connectivity index (χ3n) is 5.91. The summed E-state index contributed by atoms with van der Waals surface area (Å²) in [5.41, 5.74) is 7.14. The van der Waals surface area contributed by atoms with Gasteiger partial charge in [0.05, 0.1) is 23.9 Å². The minimum Gasteiger partial charge on any atom is -0.507 e. The van der Waals surface area contributed by atoms with Crippen molar-refractivity contribution in [2.24, 2.45) is 0 Å². The predicted molar refractivity (Wildman–Crippen MR) is 104 cm³/mol. The number of aromatic hydroxyl groups is 1. The molecule has 9 heteroatoms. The van der Waals surface area contributed by atoms with E-state index >= 15 is 0 Å². The number of hydrogen-bond acceptors (Lipinski definition) is 6. The molecule has 2 fully saturated rings. The summed E-state index contributed by atoms with van der Waals surface area (Å²) in [5.74, 6) is -0.213. The fourth-order valence-electron chi connectivity index (χ4n) is 4.39. The van der Waals surface area contributed by atoms with E-state index in [0.29, 0.717) is 18.2 Å². The van der Waals surface area contributed by atoms with Crippen LogP contribution in [0.2, 0.25) is 0 Å². The molecule has 3 heterocycles. The van der Waals surface area contributed by atoms with Crippen LogP contribution in [0, 0.1) is 0 Å². The third-order valence-corrected chi connectivity index (χ3v) is 5.91. The number of phenolic OH excluding ortho intramolecular Hbond substituents is 1. The van der Waals surface area contributed by atoms with Crippen LogP contribution in [0.5, 0.6) is 5.75 Å². The summed E-state index contributed by atoms with van der Waals surface area (Å²) in [6, 6.07) is 2.84. The van der Waals surface area contributed by atoms with Crippen LogP contribution < -0.4 is 5.73 Å². The average Bonchev–Trinajstić information content (AvgIpc) is 3.31. The second-order valence-corrected chi connectivity index (χ2v) is 8.02. The smallest absolute Gasteiger partial charge is 0.416 e. The molecule has 1 aromatic carbocycles. The molecule has 1 aliphatic carbocycles. The van der Waals surface area contributed by atoms with Crippen molar-refractivity contribution >= 4 is 5.82 Å². The average molecular weight is 423 g/mol. The Morgan fingerprint density at radius 1 is 1.07 bits per heavy atom. The zero-order valence-corrected chi connectivity index (χ0v) is 16.3. The first-order valence-corrected chi connectivity index (χ1v) is 10.1. The summed E-state index contributed by atoms with van der Waals surface area (Å²) in [7, 11) is 0. The molecule has 4 N–H and O–H groups in total. The van der Waals surface area contributed by atoms with Gasteiger partial charge in [-0.1, -0.05) is 12.8 Å². The lowest BCUT2D eigenvalue weighted by Crippen LogP contribution is -2.21. The highest BCUT2D eigenvalue weighted by atomic mass is 19.4. The van der Waals surface area contributed by atoms with Gasteiger partial charge in [-0.15, -0.1) is 10.2 Å². The summed E-state index contributed by atoms with van der Waals surface area (Å²) in [6.07, 6.45) is 2.23. The second-order valence-electron chi connectivity index (χ2n) is 8.02. The number of ether oxygens (including phenoxy) is 1. The molecule has 2 aliphatic heterocycles. The van der Waals surface area contributed by atoms with E-state index in [0.717, 1.165) is 42.9 Å². The van der Waals surface area contributed by atoms with Gasteiger partial charge in [0.2, 0.25) is 0 Å². The number of fused-ring (bicyclic) bond motifs is 4. The molecule has 0 amide bonds. The predicted octanol–water partition coefficient (Wildman–Crippen LogP) is 4.15. The molecule has 162 valence electrons. The van der Waals surface area contributed by atoms with E-state index < -0.39 is 17.5 Å². The molecule has 1 aromatic heterocycles. The van der Waals surface area contributed by atoms with Crippen molar-refractivity contribution < 1.29 is 28.1 Å². The minimum atomic E-state index is -4.52. The van der Waals surface area contributed by atoms with E-state index in [1.165, 1.54) is 18.9 Å². The molecule has 0 spiro atoms. The van der Waals surface area contributed by atoms with Crippen LogP contribution >= 0.6 is 0 Å². The van der Waals surface area contributed by atoms with Crippen LogP contribution in [0.4, 0.5) is 19.0 Å². The maximum atomic E-state index is 12.8. The summed E-state index contributed by atoms with van der Waals surface area (Å²) in [4.78, 5) is 0. The first kappa shape index (κ1) is 20.9. The number of anilines is 1. The van der Waals surface area contributed by atoms with Gasteiger partial charge in [-0.2, -0.15) is 13.2 Å². The number of hydrogen-bond donors (Lipinski definition) is 3. The summed E-state index contributed by atoms with van der Waals surface area (Å²) in [6.45, 7) is 0. The Morgan fingerprint density at radius 3 is 2.40 bits per heavy atom. The first-order valence-electron chi connectivity index (χ1n) is 10.1. The van der Waals surface area contributed by atoms with Crippen molar-refractivity contribution in [3.8, 4) is 17.0 Å². The van der Waals surface area contributed by atoms with Crippen LogP contribution in [0.25, 0.3) is 11.3 Å². The number of aliphatic hydroxyl groups excluding tert-OH is 1. The lowest BCUT2D eigenvalue weighted by molar-refractivity contribution is -0.137. The Morgan fingerprint density at radius 2 is 1.80 bits per heavy atom. The number of aromatic nitrogens is 2. The lowest BCUT2D eigenvalue weighted by Gasteiger charge is -2.26. The summed E-state index contributed by atoms with van der Waals surface area (Å²) >= 11 is 0. The first-order chi connectivity index (χ1) is 14.2. The van der Waals surface area contributed by atoms with E-state index in [-0.39, 0.29) is 29.7 Å². The second kappa shape index (κ2) is 8.03. The highest BCUT2D eigenvalue weighted by Crippen LogP contribution is 2.46. The summed E-state index contributed by atoms with van der Waals surface area (Å²) < 4.78 is 44.1. The highest BCUT2D eigenvalue weighted by Gasteiger charge is 2.38. The van der Waals surface area contributed by atoms with Crippen LogP contribution in [-0.2, 0) is 17.3 Å². The van der Waals surface area contributed by atoms with Gasteiger partial charge in [0.15, 0.2) is 5.82 Å². The van der Waals surface area contributed by atoms with Crippen molar-refractivity contribution in [1.82, 2.24) is 10.2 Å². The molecule has 0 radical (unpaired) electrons. The number of nitrogens with zero attached hydrogens (tertiary/aromatic N) is 2. The van der Waals surface area contributed by atoms with Crippen LogP contribution in [0.1, 0.15) is 61.3 Å². The molecular formula is C21H24F3N3O3. The van der Waals surface area contributed by atoms with Gasteiger partial charge in [0.1, 0.15) is 11.4 Å². The van der Waals surface area contributed by atoms with Gasteiger partial charge in [0, 0.05) is 17.5 Å². The van der Waals surface area contributed by atoms with Crippen molar-refractivity contribution in [2.75, 3.05) is 5.73 Å². The van der Waals surface area contributed by atoms with Crippen molar-refractivity contribution in [1.29, 1.82) is 0 Å². The van der Waals surface area contributed by atoms with E-state index in [1.807, 2.05) is 0 Å².